The second-order valence-corrected chi connectivity index (χ2v) is 7.50. The summed E-state index contributed by atoms with van der Waals surface area (Å²) >= 11 is 1.81. The number of hydrogen-bond acceptors (Lipinski definition) is 4. The van der Waals surface area contributed by atoms with E-state index in [1.807, 2.05) is 24.6 Å². The zero-order chi connectivity index (χ0) is 16.5. The molecule has 1 atom stereocenters. The average Bonchev–Trinajstić information content (AvgIpc) is 3.01. The Labute approximate surface area is 167 Å². The normalized spacial score (nSPS) is 19.0. The molecule has 0 saturated carbocycles. The molecule has 1 unspecified atom stereocenters. The summed E-state index contributed by atoms with van der Waals surface area (Å²) in [5, 5.41) is 7.99. The minimum absolute atomic E-state index is 0. The van der Waals surface area contributed by atoms with E-state index in [1.165, 1.54) is 35.8 Å². The van der Waals surface area contributed by atoms with Gasteiger partial charge in [0.2, 0.25) is 0 Å². The second-order valence-electron chi connectivity index (χ2n) is 6.30. The van der Waals surface area contributed by atoms with E-state index in [9.17, 15) is 0 Å². The number of nitrogens with zero attached hydrogens (tertiary/aromatic N) is 3. The first-order valence-electron chi connectivity index (χ1n) is 8.81. The summed E-state index contributed by atoms with van der Waals surface area (Å²) in [6.07, 6.45) is 6.73. The summed E-state index contributed by atoms with van der Waals surface area (Å²) < 4.78 is 0. The highest BCUT2D eigenvalue weighted by atomic mass is 127. The Morgan fingerprint density at radius 1 is 1.42 bits per heavy atom. The zero-order valence-electron chi connectivity index (χ0n) is 15.2. The van der Waals surface area contributed by atoms with Gasteiger partial charge in [-0.25, -0.2) is 4.98 Å². The van der Waals surface area contributed by atoms with Gasteiger partial charge in [-0.2, -0.15) is 0 Å². The molecule has 1 saturated heterocycles. The van der Waals surface area contributed by atoms with Crippen molar-refractivity contribution in [2.24, 2.45) is 10.9 Å². The SMILES string of the molecule is CCc1cnc(CCNC(=NC)NCCN2CCCC(C)C2)s1.I. The van der Waals surface area contributed by atoms with Crippen molar-refractivity contribution in [1.29, 1.82) is 0 Å². The van der Waals surface area contributed by atoms with E-state index in [-0.39, 0.29) is 24.0 Å². The lowest BCUT2D eigenvalue weighted by Crippen LogP contribution is -2.44. The van der Waals surface area contributed by atoms with Crippen LogP contribution in [0.25, 0.3) is 0 Å². The molecule has 2 heterocycles. The zero-order valence-corrected chi connectivity index (χ0v) is 18.3. The maximum atomic E-state index is 4.45. The van der Waals surface area contributed by atoms with Gasteiger partial charge in [-0.05, 0) is 31.7 Å². The molecule has 1 aliphatic heterocycles. The fourth-order valence-corrected chi connectivity index (χ4v) is 3.82. The van der Waals surface area contributed by atoms with Crippen LogP contribution in [0.2, 0.25) is 0 Å². The molecule has 1 fully saturated rings. The lowest BCUT2D eigenvalue weighted by atomic mass is 10.0. The number of rotatable bonds is 7. The molecule has 1 aliphatic rings. The minimum atomic E-state index is 0. The molecule has 24 heavy (non-hydrogen) atoms. The second kappa shape index (κ2) is 12.0. The van der Waals surface area contributed by atoms with Crippen molar-refractivity contribution in [1.82, 2.24) is 20.5 Å². The highest BCUT2D eigenvalue weighted by Crippen LogP contribution is 2.14. The van der Waals surface area contributed by atoms with Gasteiger partial charge in [0.05, 0.1) is 5.01 Å². The molecular formula is C17H32IN5S. The topological polar surface area (TPSA) is 52.6 Å². The van der Waals surface area contributed by atoms with Crippen LogP contribution in [0.5, 0.6) is 0 Å². The van der Waals surface area contributed by atoms with Gasteiger partial charge in [-0.3, -0.25) is 4.99 Å². The molecule has 0 aliphatic carbocycles. The number of aryl methyl sites for hydroxylation is 1. The number of aromatic nitrogens is 1. The highest BCUT2D eigenvalue weighted by Gasteiger charge is 2.15. The largest absolute Gasteiger partial charge is 0.356 e. The van der Waals surface area contributed by atoms with Crippen molar-refractivity contribution in [3.8, 4) is 0 Å². The summed E-state index contributed by atoms with van der Waals surface area (Å²) in [5.74, 6) is 1.73. The van der Waals surface area contributed by atoms with Crippen molar-refractivity contribution in [2.45, 2.75) is 39.5 Å². The number of guanidine groups is 1. The maximum absolute atomic E-state index is 4.45. The molecule has 7 heteroatoms. The van der Waals surface area contributed by atoms with Crippen LogP contribution in [-0.4, -0.2) is 55.6 Å². The Bertz CT molecular complexity index is 491. The number of nitrogens with one attached hydrogen (secondary N) is 2. The number of hydrogen-bond donors (Lipinski definition) is 2. The Kier molecular flexibility index (Phi) is 10.8. The first-order valence-corrected chi connectivity index (χ1v) is 9.63. The molecule has 138 valence electrons. The molecule has 0 spiro atoms. The third-order valence-corrected chi connectivity index (χ3v) is 5.47. The number of thiazole rings is 1. The molecule has 5 nitrogen and oxygen atoms in total. The lowest BCUT2D eigenvalue weighted by molar-refractivity contribution is 0.187. The van der Waals surface area contributed by atoms with Gasteiger partial charge >= 0.3 is 0 Å². The third-order valence-electron chi connectivity index (χ3n) is 4.27. The van der Waals surface area contributed by atoms with Crippen LogP contribution < -0.4 is 10.6 Å². The number of likely N-dealkylation sites (tertiary alicyclic amines) is 1. The Balaban J connectivity index is 0.00000288. The first-order chi connectivity index (χ1) is 11.2. The van der Waals surface area contributed by atoms with Crippen LogP contribution in [0.4, 0.5) is 0 Å². The summed E-state index contributed by atoms with van der Waals surface area (Å²) in [4.78, 5) is 12.7. The van der Waals surface area contributed by atoms with Crippen LogP contribution in [0.1, 0.15) is 36.6 Å². The summed E-state index contributed by atoms with van der Waals surface area (Å²) in [6.45, 7) is 9.91. The van der Waals surface area contributed by atoms with Crippen molar-refractivity contribution in [2.75, 3.05) is 39.8 Å². The fourth-order valence-electron chi connectivity index (χ4n) is 2.96. The van der Waals surface area contributed by atoms with E-state index in [0.717, 1.165) is 44.4 Å². The average molecular weight is 465 g/mol. The molecule has 2 rings (SSSR count). The standard InChI is InChI=1S/C17H31N5S.HI/c1-4-15-12-21-16(23-15)7-8-19-17(18-3)20-9-11-22-10-5-6-14(2)13-22;/h12,14H,4-11,13H2,1-3H3,(H2,18,19,20);1H. The maximum Gasteiger partial charge on any atom is 0.191 e. The van der Waals surface area contributed by atoms with Crippen molar-refractivity contribution < 1.29 is 0 Å². The van der Waals surface area contributed by atoms with Crippen molar-refractivity contribution >= 4 is 41.3 Å². The first kappa shape index (κ1) is 21.6. The van der Waals surface area contributed by atoms with E-state index in [0.29, 0.717) is 0 Å². The Morgan fingerprint density at radius 2 is 2.21 bits per heavy atom. The van der Waals surface area contributed by atoms with Gasteiger partial charge in [0, 0.05) is 50.7 Å². The molecule has 0 aromatic carbocycles. The molecule has 2 N–H and O–H groups in total. The Hall–Kier alpha value is -0.410. The van der Waals surface area contributed by atoms with Crippen LogP contribution in [-0.2, 0) is 12.8 Å². The lowest BCUT2D eigenvalue weighted by Gasteiger charge is -2.30. The van der Waals surface area contributed by atoms with Crippen molar-refractivity contribution in [3.63, 3.8) is 0 Å². The van der Waals surface area contributed by atoms with E-state index < -0.39 is 0 Å². The van der Waals surface area contributed by atoms with E-state index in [4.69, 9.17) is 0 Å². The molecule has 0 amide bonds. The molecule has 1 aromatic rings. The summed E-state index contributed by atoms with van der Waals surface area (Å²) in [6, 6.07) is 0. The van der Waals surface area contributed by atoms with Gasteiger partial charge in [-0.1, -0.05) is 13.8 Å². The highest BCUT2D eigenvalue weighted by molar-refractivity contribution is 14.0. The van der Waals surface area contributed by atoms with Gasteiger partial charge in [-0.15, -0.1) is 35.3 Å². The fraction of sp³-hybridized carbons (Fsp3) is 0.765. The van der Waals surface area contributed by atoms with Crippen LogP contribution in [0, 0.1) is 5.92 Å². The number of halogens is 1. The predicted molar refractivity (Wildman–Crippen MR) is 115 cm³/mol. The van der Waals surface area contributed by atoms with E-state index in [2.05, 4.69) is 39.4 Å². The summed E-state index contributed by atoms with van der Waals surface area (Å²) in [5.41, 5.74) is 0. The quantitative estimate of drug-likeness (QED) is 0.370. The third kappa shape index (κ3) is 7.65. The monoisotopic (exact) mass is 465 g/mol. The number of piperidine rings is 1. The van der Waals surface area contributed by atoms with Crippen LogP contribution in [0.3, 0.4) is 0 Å². The van der Waals surface area contributed by atoms with E-state index >= 15 is 0 Å². The van der Waals surface area contributed by atoms with Crippen LogP contribution >= 0.6 is 35.3 Å². The van der Waals surface area contributed by atoms with Gasteiger partial charge in [0.1, 0.15) is 0 Å². The minimum Gasteiger partial charge on any atom is -0.356 e. The van der Waals surface area contributed by atoms with E-state index in [1.54, 1.807) is 0 Å². The van der Waals surface area contributed by atoms with Crippen molar-refractivity contribution in [3.05, 3.63) is 16.1 Å². The molecular weight excluding hydrogens is 433 g/mol. The molecule has 0 bridgehead atoms. The number of aliphatic imine (C=N–C) groups is 1. The summed E-state index contributed by atoms with van der Waals surface area (Å²) in [7, 11) is 1.83. The predicted octanol–water partition coefficient (Wildman–Crippen LogP) is 2.76. The van der Waals surface area contributed by atoms with Gasteiger partial charge in [0.15, 0.2) is 5.96 Å². The Morgan fingerprint density at radius 3 is 2.88 bits per heavy atom. The van der Waals surface area contributed by atoms with Crippen LogP contribution in [0.15, 0.2) is 11.2 Å². The van der Waals surface area contributed by atoms with Gasteiger partial charge in [0.25, 0.3) is 0 Å². The molecule has 1 aromatic heterocycles. The van der Waals surface area contributed by atoms with Gasteiger partial charge < -0.3 is 15.5 Å². The smallest absolute Gasteiger partial charge is 0.191 e. The molecule has 0 radical (unpaired) electrons.